The van der Waals surface area contributed by atoms with Crippen LogP contribution >= 0.6 is 0 Å². The van der Waals surface area contributed by atoms with Crippen molar-refractivity contribution in [2.45, 2.75) is 51.1 Å². The van der Waals surface area contributed by atoms with Crippen molar-refractivity contribution in [3.05, 3.63) is 0 Å². The van der Waals surface area contributed by atoms with Gasteiger partial charge in [-0.2, -0.15) is 0 Å². The minimum Gasteiger partial charge on any atom is -0.378 e. The molecule has 2 aliphatic heterocycles. The van der Waals surface area contributed by atoms with E-state index in [1.54, 1.807) is 0 Å². The predicted octanol–water partition coefficient (Wildman–Crippen LogP) is 1.63. The Balaban J connectivity index is 2.01. The first-order valence-corrected chi connectivity index (χ1v) is 6.66. The Bertz CT molecular complexity index is 234. The topological polar surface area (TPSA) is 24.5 Å². The Morgan fingerprint density at radius 3 is 2.75 bits per heavy atom. The lowest BCUT2D eigenvalue weighted by Gasteiger charge is -2.46. The van der Waals surface area contributed by atoms with Gasteiger partial charge >= 0.3 is 0 Å². The summed E-state index contributed by atoms with van der Waals surface area (Å²) in [4.78, 5) is 2.61. The summed E-state index contributed by atoms with van der Waals surface area (Å²) in [5.74, 6) is 0. The van der Waals surface area contributed by atoms with Crippen LogP contribution < -0.4 is 5.32 Å². The molecule has 0 aromatic heterocycles. The molecule has 1 atom stereocenters. The van der Waals surface area contributed by atoms with E-state index in [1.165, 1.54) is 32.4 Å². The van der Waals surface area contributed by atoms with Gasteiger partial charge in [0, 0.05) is 24.2 Å². The average Bonchev–Trinajstić information content (AvgIpc) is 2.71. The molecule has 0 spiro atoms. The van der Waals surface area contributed by atoms with Crippen LogP contribution in [0.15, 0.2) is 0 Å². The fourth-order valence-electron chi connectivity index (χ4n) is 2.97. The van der Waals surface area contributed by atoms with E-state index < -0.39 is 0 Å². The summed E-state index contributed by atoms with van der Waals surface area (Å²) >= 11 is 0. The van der Waals surface area contributed by atoms with Crippen molar-refractivity contribution in [2.75, 3.05) is 32.8 Å². The van der Waals surface area contributed by atoms with E-state index in [0.29, 0.717) is 5.54 Å². The van der Waals surface area contributed by atoms with E-state index in [0.717, 1.165) is 19.8 Å². The SMILES string of the molecule is CCC1(CN2CCOCC2(C)C)CCCN1. The van der Waals surface area contributed by atoms with Crippen LogP contribution in [0.2, 0.25) is 0 Å². The van der Waals surface area contributed by atoms with E-state index in [1.807, 2.05) is 0 Å². The van der Waals surface area contributed by atoms with Crippen LogP contribution in [-0.2, 0) is 4.74 Å². The molecule has 0 bridgehead atoms. The van der Waals surface area contributed by atoms with E-state index >= 15 is 0 Å². The minimum absolute atomic E-state index is 0.199. The van der Waals surface area contributed by atoms with Crippen LogP contribution in [0, 0.1) is 0 Å². The monoisotopic (exact) mass is 226 g/mol. The molecule has 2 aliphatic rings. The fourth-order valence-corrected chi connectivity index (χ4v) is 2.97. The first kappa shape index (κ1) is 12.3. The van der Waals surface area contributed by atoms with Gasteiger partial charge in [0.05, 0.1) is 13.2 Å². The second-order valence-electron chi connectivity index (χ2n) is 5.95. The Hall–Kier alpha value is -0.120. The van der Waals surface area contributed by atoms with Gasteiger partial charge < -0.3 is 10.1 Å². The molecule has 2 rings (SSSR count). The molecule has 16 heavy (non-hydrogen) atoms. The van der Waals surface area contributed by atoms with E-state index in [-0.39, 0.29) is 5.54 Å². The third kappa shape index (κ3) is 2.41. The van der Waals surface area contributed by atoms with E-state index in [4.69, 9.17) is 4.74 Å². The molecule has 0 aromatic carbocycles. The van der Waals surface area contributed by atoms with Gasteiger partial charge in [0.25, 0.3) is 0 Å². The van der Waals surface area contributed by atoms with Gasteiger partial charge in [-0.25, -0.2) is 0 Å². The lowest BCUT2D eigenvalue weighted by molar-refractivity contribution is -0.0613. The molecule has 1 N–H and O–H groups in total. The summed E-state index contributed by atoms with van der Waals surface area (Å²) in [5.41, 5.74) is 0.569. The summed E-state index contributed by atoms with van der Waals surface area (Å²) in [7, 11) is 0. The number of morpholine rings is 1. The smallest absolute Gasteiger partial charge is 0.0645 e. The summed E-state index contributed by atoms with van der Waals surface area (Å²) in [6, 6.07) is 0. The van der Waals surface area contributed by atoms with E-state index in [2.05, 4.69) is 31.0 Å². The Labute approximate surface area is 99.5 Å². The predicted molar refractivity (Wildman–Crippen MR) is 66.7 cm³/mol. The van der Waals surface area contributed by atoms with Gasteiger partial charge in [-0.3, -0.25) is 4.90 Å². The van der Waals surface area contributed by atoms with Crippen molar-refractivity contribution in [2.24, 2.45) is 0 Å². The Morgan fingerprint density at radius 1 is 1.38 bits per heavy atom. The molecule has 2 heterocycles. The summed E-state index contributed by atoms with van der Waals surface area (Å²) in [5, 5.41) is 3.72. The van der Waals surface area contributed by atoms with Crippen molar-refractivity contribution in [1.82, 2.24) is 10.2 Å². The van der Waals surface area contributed by atoms with Gasteiger partial charge in [-0.05, 0) is 39.7 Å². The molecule has 0 aliphatic carbocycles. The maximum Gasteiger partial charge on any atom is 0.0645 e. The normalized spacial score (nSPS) is 35.4. The van der Waals surface area contributed by atoms with Crippen LogP contribution in [0.4, 0.5) is 0 Å². The minimum atomic E-state index is 0.199. The molecule has 0 radical (unpaired) electrons. The van der Waals surface area contributed by atoms with Crippen LogP contribution in [0.25, 0.3) is 0 Å². The number of nitrogens with one attached hydrogen (secondary N) is 1. The second-order valence-corrected chi connectivity index (χ2v) is 5.95. The first-order chi connectivity index (χ1) is 7.58. The molecule has 94 valence electrons. The molecular weight excluding hydrogens is 200 g/mol. The number of hydrogen-bond acceptors (Lipinski definition) is 3. The maximum absolute atomic E-state index is 5.58. The number of hydrogen-bond donors (Lipinski definition) is 1. The zero-order valence-electron chi connectivity index (χ0n) is 11.0. The zero-order valence-corrected chi connectivity index (χ0v) is 11.0. The van der Waals surface area contributed by atoms with Crippen LogP contribution in [-0.4, -0.2) is 48.8 Å². The summed E-state index contributed by atoms with van der Waals surface area (Å²) in [6.07, 6.45) is 3.90. The molecule has 0 saturated carbocycles. The highest BCUT2D eigenvalue weighted by Gasteiger charge is 2.39. The molecule has 0 amide bonds. The third-order valence-electron chi connectivity index (χ3n) is 4.32. The van der Waals surface area contributed by atoms with Crippen LogP contribution in [0.1, 0.15) is 40.0 Å². The van der Waals surface area contributed by atoms with Crippen LogP contribution in [0.5, 0.6) is 0 Å². The molecule has 1 unspecified atom stereocenters. The molecular formula is C13H26N2O. The first-order valence-electron chi connectivity index (χ1n) is 6.66. The molecule has 3 heteroatoms. The number of ether oxygens (including phenoxy) is 1. The Morgan fingerprint density at radius 2 is 2.19 bits per heavy atom. The number of nitrogens with zero attached hydrogens (tertiary/aromatic N) is 1. The van der Waals surface area contributed by atoms with Gasteiger partial charge in [-0.15, -0.1) is 0 Å². The highest BCUT2D eigenvalue weighted by atomic mass is 16.5. The van der Waals surface area contributed by atoms with Crippen molar-refractivity contribution in [3.63, 3.8) is 0 Å². The van der Waals surface area contributed by atoms with Crippen molar-refractivity contribution in [1.29, 1.82) is 0 Å². The molecule has 2 saturated heterocycles. The van der Waals surface area contributed by atoms with Gasteiger partial charge in [0.2, 0.25) is 0 Å². The summed E-state index contributed by atoms with van der Waals surface area (Å²) < 4.78 is 5.58. The zero-order chi connectivity index (χ0) is 11.6. The molecule has 0 aromatic rings. The van der Waals surface area contributed by atoms with Gasteiger partial charge in [0.15, 0.2) is 0 Å². The van der Waals surface area contributed by atoms with Gasteiger partial charge in [-0.1, -0.05) is 6.92 Å². The fraction of sp³-hybridized carbons (Fsp3) is 1.00. The summed E-state index contributed by atoms with van der Waals surface area (Å²) in [6.45, 7) is 12.1. The van der Waals surface area contributed by atoms with Crippen LogP contribution in [0.3, 0.4) is 0 Å². The molecule has 3 nitrogen and oxygen atoms in total. The lowest BCUT2D eigenvalue weighted by atomic mass is 9.90. The lowest BCUT2D eigenvalue weighted by Crippen LogP contribution is -2.60. The molecule has 2 fully saturated rings. The largest absolute Gasteiger partial charge is 0.378 e. The van der Waals surface area contributed by atoms with Crippen molar-refractivity contribution in [3.8, 4) is 0 Å². The highest BCUT2D eigenvalue weighted by Crippen LogP contribution is 2.28. The van der Waals surface area contributed by atoms with E-state index in [9.17, 15) is 0 Å². The standard InChI is InChI=1S/C13H26N2O/c1-4-13(6-5-7-14-13)10-15-8-9-16-11-12(15,2)3/h14H,4-11H2,1-3H3. The quantitative estimate of drug-likeness (QED) is 0.791. The second kappa shape index (κ2) is 4.63. The van der Waals surface area contributed by atoms with Crippen molar-refractivity contribution >= 4 is 0 Å². The Kier molecular flexibility index (Phi) is 3.57. The highest BCUT2D eigenvalue weighted by molar-refractivity contribution is 4.98. The number of rotatable bonds is 3. The van der Waals surface area contributed by atoms with Gasteiger partial charge in [0.1, 0.15) is 0 Å². The maximum atomic E-state index is 5.58. The third-order valence-corrected chi connectivity index (χ3v) is 4.32. The van der Waals surface area contributed by atoms with Crippen molar-refractivity contribution < 1.29 is 4.74 Å². The average molecular weight is 226 g/mol.